The number of alkyl halides is 5. The predicted molar refractivity (Wildman–Crippen MR) is 159 cm³/mol. The Kier molecular flexibility index (Phi) is 11.3. The minimum absolute atomic E-state index is 0.0853. The van der Waals surface area contributed by atoms with E-state index in [4.69, 9.17) is 15.6 Å². The molecule has 0 radical (unpaired) electrons. The largest absolute Gasteiger partial charge is 0.490 e. The van der Waals surface area contributed by atoms with Gasteiger partial charge in [0.15, 0.2) is 0 Å². The van der Waals surface area contributed by atoms with Gasteiger partial charge in [-0.15, -0.1) is 0 Å². The van der Waals surface area contributed by atoms with Gasteiger partial charge in [0, 0.05) is 79.9 Å². The molecule has 2 aromatic heterocycles. The maximum Gasteiger partial charge on any atom is 0.490 e. The standard InChI is InChI=1S/C26H33F2N7O2S.C2HF3O2/c1-18-22(19-15-31-34(2)17-19)16-30-24(35-12-5-8-26(27,28)9-13-35)23(18)25(36)33-20-6-4-7-21(14-20)38(3,37)32-11-10-29;3-2(4,5)1(6)7/h4,6-7,14-17H,5,8-13,29H2,1-3H3,(H,33,36);(H,6,7). The molecule has 0 spiro atoms. The first-order valence-corrected chi connectivity index (χ1v) is 15.6. The van der Waals surface area contributed by atoms with Crippen molar-refractivity contribution in [1.29, 1.82) is 0 Å². The Labute approximate surface area is 256 Å². The van der Waals surface area contributed by atoms with E-state index < -0.39 is 33.7 Å². The van der Waals surface area contributed by atoms with Gasteiger partial charge in [-0.2, -0.15) is 18.3 Å². The van der Waals surface area contributed by atoms with E-state index in [1.54, 1.807) is 53.3 Å². The zero-order valence-electron chi connectivity index (χ0n) is 24.8. The van der Waals surface area contributed by atoms with E-state index in [2.05, 4.69) is 19.8 Å². The van der Waals surface area contributed by atoms with Gasteiger partial charge < -0.3 is 21.1 Å². The predicted octanol–water partition coefficient (Wildman–Crippen LogP) is 4.72. The number of carboxylic acid groups (broad SMARTS) is 1. The quantitative estimate of drug-likeness (QED) is 0.308. The van der Waals surface area contributed by atoms with Crippen molar-refractivity contribution < 1.29 is 40.9 Å². The molecule has 1 aliphatic rings. The molecular weight excluding hydrogens is 625 g/mol. The van der Waals surface area contributed by atoms with Crippen molar-refractivity contribution in [3.8, 4) is 11.1 Å². The molecule has 1 fully saturated rings. The smallest absolute Gasteiger partial charge is 0.475 e. The van der Waals surface area contributed by atoms with Crippen LogP contribution in [0.25, 0.3) is 11.1 Å². The second kappa shape index (κ2) is 14.3. The van der Waals surface area contributed by atoms with E-state index in [0.717, 1.165) is 11.1 Å². The maximum atomic E-state index is 14.1. The number of aryl methyl sites for hydroxylation is 1. The normalized spacial score (nSPS) is 16.1. The van der Waals surface area contributed by atoms with E-state index >= 15 is 0 Å². The van der Waals surface area contributed by atoms with Crippen LogP contribution in [-0.4, -0.2) is 80.5 Å². The highest BCUT2D eigenvalue weighted by molar-refractivity contribution is 7.93. The summed E-state index contributed by atoms with van der Waals surface area (Å²) in [6, 6.07) is 6.71. The maximum absolute atomic E-state index is 14.1. The van der Waals surface area contributed by atoms with Crippen molar-refractivity contribution in [1.82, 2.24) is 14.8 Å². The van der Waals surface area contributed by atoms with Gasteiger partial charge in [0.05, 0.1) is 28.0 Å². The van der Waals surface area contributed by atoms with Gasteiger partial charge in [0.1, 0.15) is 5.82 Å². The molecule has 1 unspecified atom stereocenters. The van der Waals surface area contributed by atoms with Crippen LogP contribution in [0.1, 0.15) is 35.2 Å². The molecule has 246 valence electrons. The molecule has 4 rings (SSSR count). The number of amides is 1. The summed E-state index contributed by atoms with van der Waals surface area (Å²) in [5.41, 5.74) is 8.41. The van der Waals surface area contributed by atoms with Crippen molar-refractivity contribution >= 4 is 33.1 Å². The topological polar surface area (TPSA) is 156 Å². The van der Waals surface area contributed by atoms with Crippen LogP contribution < -0.4 is 16.0 Å². The van der Waals surface area contributed by atoms with E-state index in [9.17, 15) is 31.0 Å². The van der Waals surface area contributed by atoms with Crippen LogP contribution in [0.15, 0.2) is 52.1 Å². The Morgan fingerprint density at radius 3 is 2.49 bits per heavy atom. The molecule has 3 heterocycles. The third kappa shape index (κ3) is 9.43. The number of benzene rings is 1. The van der Waals surface area contributed by atoms with Crippen LogP contribution in [0.4, 0.5) is 33.5 Å². The number of anilines is 2. The molecule has 0 saturated carbocycles. The minimum atomic E-state index is -5.08. The lowest BCUT2D eigenvalue weighted by molar-refractivity contribution is -0.192. The van der Waals surface area contributed by atoms with Gasteiger partial charge in [-0.25, -0.2) is 27.1 Å². The molecule has 1 aliphatic heterocycles. The Morgan fingerprint density at radius 2 is 1.89 bits per heavy atom. The summed E-state index contributed by atoms with van der Waals surface area (Å²) in [7, 11) is -0.896. The molecule has 1 amide bonds. The van der Waals surface area contributed by atoms with Crippen LogP contribution >= 0.6 is 0 Å². The number of carbonyl (C=O) groups is 2. The molecule has 45 heavy (non-hydrogen) atoms. The van der Waals surface area contributed by atoms with E-state index in [1.807, 2.05) is 13.1 Å². The van der Waals surface area contributed by atoms with Gasteiger partial charge in [-0.05, 0) is 37.1 Å². The minimum Gasteiger partial charge on any atom is -0.475 e. The summed E-state index contributed by atoms with van der Waals surface area (Å²) in [4.78, 5) is 29.5. The Morgan fingerprint density at radius 1 is 1.20 bits per heavy atom. The molecular formula is C28H34F5N7O4S. The number of hydrogen-bond acceptors (Lipinski definition) is 8. The number of hydrogen-bond donors (Lipinski definition) is 3. The van der Waals surface area contributed by atoms with Crippen molar-refractivity contribution in [2.45, 2.75) is 43.2 Å². The first kappa shape index (κ1) is 35.4. The number of carbonyl (C=O) groups excluding carboxylic acids is 1. The monoisotopic (exact) mass is 659 g/mol. The fourth-order valence-electron chi connectivity index (χ4n) is 4.53. The lowest BCUT2D eigenvalue weighted by atomic mass is 9.99. The first-order chi connectivity index (χ1) is 20.9. The zero-order valence-corrected chi connectivity index (χ0v) is 25.6. The van der Waals surface area contributed by atoms with Crippen LogP contribution in [0.2, 0.25) is 0 Å². The molecule has 0 aliphatic carbocycles. The van der Waals surface area contributed by atoms with E-state index in [-0.39, 0.29) is 32.5 Å². The second-order valence-electron chi connectivity index (χ2n) is 10.3. The average molecular weight is 660 g/mol. The second-order valence-corrected chi connectivity index (χ2v) is 12.7. The number of nitrogens with zero attached hydrogens (tertiary/aromatic N) is 5. The summed E-state index contributed by atoms with van der Waals surface area (Å²) < 4.78 is 78.8. The fraction of sp³-hybridized carbons (Fsp3) is 0.429. The number of nitrogens with two attached hydrogens (primary N) is 1. The Hall–Kier alpha value is -4.12. The van der Waals surface area contributed by atoms with Crippen molar-refractivity contribution in [3.05, 3.63) is 54.0 Å². The van der Waals surface area contributed by atoms with Crippen LogP contribution in [0.3, 0.4) is 0 Å². The fourth-order valence-corrected chi connectivity index (χ4v) is 5.81. The number of aromatic nitrogens is 3. The molecule has 1 saturated heterocycles. The Balaban J connectivity index is 0.000000707. The lowest BCUT2D eigenvalue weighted by Crippen LogP contribution is -2.30. The molecule has 17 heteroatoms. The van der Waals surface area contributed by atoms with Crippen molar-refractivity contribution in [2.75, 3.05) is 42.7 Å². The molecule has 1 atom stereocenters. The molecule has 0 bridgehead atoms. The third-order valence-electron chi connectivity index (χ3n) is 6.82. The summed E-state index contributed by atoms with van der Waals surface area (Å²) in [6.45, 7) is 2.81. The van der Waals surface area contributed by atoms with Gasteiger partial charge in [0.25, 0.3) is 5.91 Å². The molecule has 3 aromatic rings. The average Bonchev–Trinajstić information content (AvgIpc) is 3.30. The number of rotatable bonds is 7. The number of nitrogens with one attached hydrogen (secondary N) is 1. The Bertz CT molecular complexity index is 1650. The van der Waals surface area contributed by atoms with Crippen LogP contribution in [-0.2, 0) is 21.6 Å². The van der Waals surface area contributed by atoms with E-state index in [1.165, 1.54) is 6.26 Å². The first-order valence-electron chi connectivity index (χ1n) is 13.7. The van der Waals surface area contributed by atoms with Crippen molar-refractivity contribution in [2.24, 2.45) is 17.1 Å². The highest BCUT2D eigenvalue weighted by Crippen LogP contribution is 2.34. The SMILES string of the molecule is Cc1c(-c2cnn(C)c2)cnc(N2CCCC(F)(F)CC2)c1C(=O)Nc1cccc(S(C)(=O)=NCCN)c1.O=C(O)C(F)(F)F. The summed E-state index contributed by atoms with van der Waals surface area (Å²) >= 11 is 0. The highest BCUT2D eigenvalue weighted by Gasteiger charge is 2.38. The number of halogens is 5. The van der Waals surface area contributed by atoms with Gasteiger partial charge in [-0.1, -0.05) is 6.07 Å². The molecule has 4 N–H and O–H groups in total. The van der Waals surface area contributed by atoms with Crippen molar-refractivity contribution in [3.63, 3.8) is 0 Å². The van der Waals surface area contributed by atoms with Crippen LogP contribution in [0, 0.1) is 6.92 Å². The number of carboxylic acids is 1. The third-order valence-corrected chi connectivity index (χ3v) is 8.62. The zero-order chi connectivity index (χ0) is 33.6. The van der Waals surface area contributed by atoms with Gasteiger partial charge in [0.2, 0.25) is 5.92 Å². The summed E-state index contributed by atoms with van der Waals surface area (Å²) in [5.74, 6) is -5.58. The number of aliphatic carboxylic acids is 1. The number of pyridine rings is 1. The molecule has 1 aromatic carbocycles. The summed E-state index contributed by atoms with van der Waals surface area (Å²) in [6.07, 6.45) is 1.40. The van der Waals surface area contributed by atoms with Crippen LogP contribution in [0.5, 0.6) is 0 Å². The lowest BCUT2D eigenvalue weighted by Gasteiger charge is -2.26. The summed E-state index contributed by atoms with van der Waals surface area (Å²) in [5, 5.41) is 14.2. The van der Waals surface area contributed by atoms with Gasteiger partial charge in [-0.3, -0.25) is 9.48 Å². The van der Waals surface area contributed by atoms with Gasteiger partial charge >= 0.3 is 12.1 Å². The molecule has 11 nitrogen and oxygen atoms in total. The highest BCUT2D eigenvalue weighted by atomic mass is 32.2. The van der Waals surface area contributed by atoms with E-state index in [0.29, 0.717) is 40.5 Å².